The first-order chi connectivity index (χ1) is 9.98. The number of hydrogen-bond donors (Lipinski definition) is 3. The van der Waals surface area contributed by atoms with E-state index in [0.29, 0.717) is 11.4 Å². The van der Waals surface area contributed by atoms with Gasteiger partial charge >= 0.3 is 0 Å². The molecule has 4 N–H and O–H groups in total. The third kappa shape index (κ3) is 4.54. The Balaban J connectivity index is 2.05. The van der Waals surface area contributed by atoms with Crippen molar-refractivity contribution in [1.82, 2.24) is 0 Å². The van der Waals surface area contributed by atoms with Crippen molar-refractivity contribution in [3.63, 3.8) is 0 Å². The van der Waals surface area contributed by atoms with Crippen LogP contribution in [0.5, 0.6) is 0 Å². The number of nitrogens with one attached hydrogen (secondary N) is 2. The SMILES string of the molecule is C=CCS(=O)(=O)Nc1ccc(Nc2ccc(N)cc2)cc1. The summed E-state index contributed by atoms with van der Waals surface area (Å²) in [6.07, 6.45) is 1.35. The van der Waals surface area contributed by atoms with Crippen LogP contribution < -0.4 is 15.8 Å². The predicted molar refractivity (Wildman–Crippen MR) is 88.2 cm³/mol. The van der Waals surface area contributed by atoms with Crippen molar-refractivity contribution in [2.45, 2.75) is 0 Å². The molecule has 0 aromatic heterocycles. The molecule has 0 aliphatic carbocycles. The van der Waals surface area contributed by atoms with Crippen LogP contribution in [0.4, 0.5) is 22.7 Å². The molecule has 2 aromatic rings. The van der Waals surface area contributed by atoms with Crippen molar-refractivity contribution >= 4 is 32.8 Å². The molecule has 0 fully saturated rings. The number of nitrogens with two attached hydrogens (primary N) is 1. The zero-order chi connectivity index (χ0) is 15.3. The molecule has 0 saturated carbocycles. The molecule has 0 aliphatic rings. The maximum absolute atomic E-state index is 11.6. The molecule has 21 heavy (non-hydrogen) atoms. The maximum atomic E-state index is 11.6. The fraction of sp³-hybridized carbons (Fsp3) is 0.0667. The quantitative estimate of drug-likeness (QED) is 0.566. The van der Waals surface area contributed by atoms with Crippen LogP contribution in [0, 0.1) is 0 Å². The van der Waals surface area contributed by atoms with Crippen molar-refractivity contribution in [3.8, 4) is 0 Å². The first kappa shape index (κ1) is 14.9. The molecule has 6 heteroatoms. The number of anilines is 4. The Morgan fingerprint density at radius 2 is 1.43 bits per heavy atom. The van der Waals surface area contributed by atoms with Crippen molar-refractivity contribution in [1.29, 1.82) is 0 Å². The van der Waals surface area contributed by atoms with Gasteiger partial charge in [0.15, 0.2) is 0 Å². The average Bonchev–Trinajstić information content (AvgIpc) is 2.43. The van der Waals surface area contributed by atoms with E-state index >= 15 is 0 Å². The molecule has 2 aromatic carbocycles. The van der Waals surface area contributed by atoms with E-state index in [1.165, 1.54) is 6.08 Å². The number of rotatable bonds is 6. The Morgan fingerprint density at radius 1 is 0.952 bits per heavy atom. The fourth-order valence-corrected chi connectivity index (χ4v) is 2.62. The molecule has 0 bridgehead atoms. The second-order valence-electron chi connectivity index (χ2n) is 4.50. The van der Waals surface area contributed by atoms with Crippen LogP contribution in [0.3, 0.4) is 0 Å². The summed E-state index contributed by atoms with van der Waals surface area (Å²) < 4.78 is 25.7. The van der Waals surface area contributed by atoms with Gasteiger partial charge in [0.1, 0.15) is 0 Å². The lowest BCUT2D eigenvalue weighted by Gasteiger charge is -2.09. The first-order valence-electron chi connectivity index (χ1n) is 6.32. The van der Waals surface area contributed by atoms with Gasteiger partial charge in [-0.2, -0.15) is 0 Å². The lowest BCUT2D eigenvalue weighted by molar-refractivity contribution is 0.604. The minimum atomic E-state index is -3.36. The molecule has 2 rings (SSSR count). The largest absolute Gasteiger partial charge is 0.399 e. The van der Waals surface area contributed by atoms with Crippen molar-refractivity contribution in [3.05, 3.63) is 61.2 Å². The van der Waals surface area contributed by atoms with Gasteiger partial charge in [0, 0.05) is 22.7 Å². The van der Waals surface area contributed by atoms with Gasteiger partial charge in [0.05, 0.1) is 5.75 Å². The van der Waals surface area contributed by atoms with Crippen LogP contribution in [0.15, 0.2) is 61.2 Å². The van der Waals surface area contributed by atoms with Gasteiger partial charge < -0.3 is 11.1 Å². The molecule has 0 spiro atoms. The average molecular weight is 303 g/mol. The zero-order valence-corrected chi connectivity index (χ0v) is 12.2. The third-order valence-corrected chi connectivity index (χ3v) is 3.92. The predicted octanol–water partition coefficient (Wildman–Crippen LogP) is 2.94. The monoisotopic (exact) mass is 303 g/mol. The van der Waals surface area contributed by atoms with Gasteiger partial charge in [-0.05, 0) is 48.5 Å². The summed E-state index contributed by atoms with van der Waals surface area (Å²) in [5.74, 6) is -0.113. The Kier molecular flexibility index (Phi) is 4.49. The highest BCUT2D eigenvalue weighted by Gasteiger charge is 2.07. The highest BCUT2D eigenvalue weighted by molar-refractivity contribution is 7.92. The van der Waals surface area contributed by atoms with Crippen molar-refractivity contribution < 1.29 is 8.42 Å². The molecular weight excluding hydrogens is 286 g/mol. The second kappa shape index (κ2) is 6.32. The van der Waals surface area contributed by atoms with Gasteiger partial charge in [0.25, 0.3) is 0 Å². The highest BCUT2D eigenvalue weighted by atomic mass is 32.2. The number of hydrogen-bond acceptors (Lipinski definition) is 4. The Labute approximate surface area is 124 Å². The molecule has 0 unspecified atom stereocenters. The van der Waals surface area contributed by atoms with Crippen molar-refractivity contribution in [2.24, 2.45) is 0 Å². The highest BCUT2D eigenvalue weighted by Crippen LogP contribution is 2.20. The maximum Gasteiger partial charge on any atom is 0.236 e. The number of nitrogen functional groups attached to an aromatic ring is 1. The summed E-state index contributed by atoms with van der Waals surface area (Å²) in [6, 6.07) is 14.3. The fourth-order valence-electron chi connectivity index (χ4n) is 1.73. The third-order valence-electron chi connectivity index (χ3n) is 2.69. The molecule has 0 saturated heterocycles. The molecule has 0 amide bonds. The Hall–Kier alpha value is -2.47. The van der Waals surface area contributed by atoms with E-state index < -0.39 is 10.0 Å². The number of benzene rings is 2. The summed E-state index contributed by atoms with van der Waals surface area (Å²) in [5.41, 5.74) is 8.60. The number of sulfonamides is 1. The van der Waals surface area contributed by atoms with Crippen LogP contribution >= 0.6 is 0 Å². The van der Waals surface area contributed by atoms with E-state index in [9.17, 15) is 8.42 Å². The molecule has 0 aliphatic heterocycles. The van der Waals surface area contributed by atoms with E-state index in [2.05, 4.69) is 16.6 Å². The minimum Gasteiger partial charge on any atom is -0.399 e. The van der Waals surface area contributed by atoms with Gasteiger partial charge in [-0.25, -0.2) is 8.42 Å². The first-order valence-corrected chi connectivity index (χ1v) is 7.98. The molecule has 0 radical (unpaired) electrons. The van der Waals surface area contributed by atoms with Gasteiger partial charge in [0.2, 0.25) is 10.0 Å². The summed E-state index contributed by atoms with van der Waals surface area (Å²) in [7, 11) is -3.36. The van der Waals surface area contributed by atoms with Gasteiger partial charge in [-0.15, -0.1) is 6.58 Å². The van der Waals surface area contributed by atoms with Gasteiger partial charge in [-0.3, -0.25) is 4.72 Å². The lowest BCUT2D eigenvalue weighted by Crippen LogP contribution is -2.15. The summed E-state index contributed by atoms with van der Waals surface area (Å²) >= 11 is 0. The topological polar surface area (TPSA) is 84.2 Å². The van der Waals surface area contributed by atoms with Gasteiger partial charge in [-0.1, -0.05) is 6.08 Å². The normalized spacial score (nSPS) is 10.9. The summed E-state index contributed by atoms with van der Waals surface area (Å²) in [5, 5.41) is 3.20. The standard InChI is InChI=1S/C15H17N3O2S/c1-2-11-21(19,20)18-15-9-7-14(8-10-15)17-13-5-3-12(16)4-6-13/h2-10,17-18H,1,11,16H2. The molecule has 5 nitrogen and oxygen atoms in total. The van der Waals surface area contributed by atoms with E-state index in [1.54, 1.807) is 36.4 Å². The van der Waals surface area contributed by atoms with Crippen LogP contribution in [0.1, 0.15) is 0 Å². The van der Waals surface area contributed by atoms with E-state index in [-0.39, 0.29) is 5.75 Å². The zero-order valence-electron chi connectivity index (χ0n) is 11.4. The summed E-state index contributed by atoms with van der Waals surface area (Å²) in [6.45, 7) is 3.42. The molecule has 0 heterocycles. The second-order valence-corrected chi connectivity index (χ2v) is 6.26. The molecule has 110 valence electrons. The smallest absolute Gasteiger partial charge is 0.236 e. The lowest BCUT2D eigenvalue weighted by atomic mass is 10.2. The molecule has 0 atom stereocenters. The summed E-state index contributed by atoms with van der Waals surface area (Å²) in [4.78, 5) is 0. The van der Waals surface area contributed by atoms with E-state index in [4.69, 9.17) is 5.73 Å². The van der Waals surface area contributed by atoms with Crippen molar-refractivity contribution in [2.75, 3.05) is 21.5 Å². The minimum absolute atomic E-state index is 0.113. The van der Waals surface area contributed by atoms with E-state index in [0.717, 1.165) is 11.4 Å². The van der Waals surface area contributed by atoms with Crippen LogP contribution in [-0.4, -0.2) is 14.2 Å². The molecular formula is C15H17N3O2S. The Morgan fingerprint density at radius 3 is 1.95 bits per heavy atom. The van der Waals surface area contributed by atoms with Crippen LogP contribution in [-0.2, 0) is 10.0 Å². The van der Waals surface area contributed by atoms with Crippen LogP contribution in [0.2, 0.25) is 0 Å². The Bertz CT molecular complexity index is 708. The van der Waals surface area contributed by atoms with E-state index in [1.807, 2.05) is 12.1 Å². The van der Waals surface area contributed by atoms with Crippen LogP contribution in [0.25, 0.3) is 0 Å².